The molecule has 21 heavy (non-hydrogen) atoms. The Morgan fingerprint density at radius 1 is 1.00 bits per heavy atom. The molecular weight excluding hydrogens is 294 g/mol. The van der Waals surface area contributed by atoms with Gasteiger partial charge < -0.3 is 4.74 Å². The van der Waals surface area contributed by atoms with E-state index in [1.54, 1.807) is 7.11 Å². The van der Waals surface area contributed by atoms with Crippen molar-refractivity contribution in [1.29, 1.82) is 0 Å². The molecule has 0 N–H and O–H groups in total. The first kappa shape index (κ1) is 15.8. The van der Waals surface area contributed by atoms with Crippen LogP contribution in [0.5, 0.6) is 5.75 Å². The molecule has 0 saturated heterocycles. The van der Waals surface area contributed by atoms with E-state index < -0.39 is 11.6 Å². The van der Waals surface area contributed by atoms with Crippen molar-refractivity contribution < 1.29 is 13.5 Å². The Bertz CT molecular complexity index is 581. The van der Waals surface area contributed by atoms with Gasteiger partial charge in [0, 0.05) is 11.4 Å². The number of alkyl halides is 1. The fourth-order valence-corrected chi connectivity index (χ4v) is 2.60. The highest BCUT2D eigenvalue weighted by molar-refractivity contribution is 6.18. The SMILES string of the molecule is COc1ccccc1CC(CCl)Cc1c(F)cccc1F. The summed E-state index contributed by atoms with van der Waals surface area (Å²) in [7, 11) is 1.60. The minimum Gasteiger partial charge on any atom is -0.496 e. The average molecular weight is 311 g/mol. The van der Waals surface area contributed by atoms with E-state index in [0.717, 1.165) is 11.3 Å². The predicted molar refractivity (Wildman–Crippen MR) is 81.0 cm³/mol. The zero-order valence-electron chi connectivity index (χ0n) is 11.8. The van der Waals surface area contributed by atoms with Gasteiger partial charge >= 0.3 is 0 Å². The molecule has 0 aliphatic carbocycles. The lowest BCUT2D eigenvalue weighted by molar-refractivity contribution is 0.405. The molecule has 0 saturated carbocycles. The van der Waals surface area contributed by atoms with Gasteiger partial charge in [0.05, 0.1) is 7.11 Å². The molecule has 0 aromatic heterocycles. The van der Waals surface area contributed by atoms with Crippen LogP contribution in [0.15, 0.2) is 42.5 Å². The summed E-state index contributed by atoms with van der Waals surface area (Å²) in [5.74, 6) is -0.0162. The van der Waals surface area contributed by atoms with Crippen LogP contribution in [0.1, 0.15) is 11.1 Å². The third kappa shape index (κ3) is 3.94. The Labute approximate surface area is 128 Å². The minimum atomic E-state index is -0.523. The summed E-state index contributed by atoms with van der Waals surface area (Å²) in [5, 5.41) is 0. The Hall–Kier alpha value is -1.61. The van der Waals surface area contributed by atoms with Gasteiger partial charge in [0.2, 0.25) is 0 Å². The maximum absolute atomic E-state index is 13.7. The van der Waals surface area contributed by atoms with E-state index in [0.29, 0.717) is 12.3 Å². The molecule has 1 nitrogen and oxygen atoms in total. The van der Waals surface area contributed by atoms with Crippen LogP contribution in [0.4, 0.5) is 8.78 Å². The molecule has 1 unspecified atom stereocenters. The number of methoxy groups -OCH3 is 1. The summed E-state index contributed by atoms with van der Waals surface area (Å²) in [6.07, 6.45) is 0.876. The molecule has 0 amide bonds. The van der Waals surface area contributed by atoms with Gasteiger partial charge in [-0.1, -0.05) is 24.3 Å². The van der Waals surface area contributed by atoms with E-state index in [9.17, 15) is 8.78 Å². The normalized spacial score (nSPS) is 12.2. The van der Waals surface area contributed by atoms with Crippen molar-refractivity contribution in [2.45, 2.75) is 12.8 Å². The second-order valence-corrected chi connectivity index (χ2v) is 5.25. The molecule has 0 aliphatic rings. The Balaban J connectivity index is 2.17. The maximum atomic E-state index is 13.7. The summed E-state index contributed by atoms with van der Waals surface area (Å²) in [5.41, 5.74) is 1.08. The van der Waals surface area contributed by atoms with Crippen molar-refractivity contribution in [3.05, 3.63) is 65.2 Å². The molecule has 2 aromatic rings. The van der Waals surface area contributed by atoms with Crippen molar-refractivity contribution in [1.82, 2.24) is 0 Å². The predicted octanol–water partition coefficient (Wildman–Crippen LogP) is 4.61. The van der Waals surface area contributed by atoms with E-state index in [1.807, 2.05) is 24.3 Å². The molecular formula is C17H17ClF2O. The summed E-state index contributed by atoms with van der Waals surface area (Å²) >= 11 is 5.98. The number of hydrogen-bond acceptors (Lipinski definition) is 1. The summed E-state index contributed by atoms with van der Waals surface area (Å²) in [4.78, 5) is 0. The van der Waals surface area contributed by atoms with E-state index in [4.69, 9.17) is 16.3 Å². The van der Waals surface area contributed by atoms with Crippen molar-refractivity contribution in [3.63, 3.8) is 0 Å². The first-order valence-electron chi connectivity index (χ1n) is 6.76. The zero-order valence-corrected chi connectivity index (χ0v) is 12.5. The third-order valence-electron chi connectivity index (χ3n) is 3.47. The number of hydrogen-bond donors (Lipinski definition) is 0. The van der Waals surface area contributed by atoms with Crippen LogP contribution < -0.4 is 4.74 Å². The van der Waals surface area contributed by atoms with Gasteiger partial charge in [-0.25, -0.2) is 8.78 Å². The maximum Gasteiger partial charge on any atom is 0.129 e. The number of ether oxygens (including phenoxy) is 1. The van der Waals surface area contributed by atoms with Crippen LogP contribution in [0, 0.1) is 17.6 Å². The fraction of sp³-hybridized carbons (Fsp3) is 0.294. The lowest BCUT2D eigenvalue weighted by Crippen LogP contribution is -2.13. The number of para-hydroxylation sites is 1. The van der Waals surface area contributed by atoms with Crippen molar-refractivity contribution in [2.24, 2.45) is 5.92 Å². The molecule has 1 atom stereocenters. The fourth-order valence-electron chi connectivity index (χ4n) is 2.38. The Kier molecular flexibility index (Phi) is 5.57. The average Bonchev–Trinajstić information content (AvgIpc) is 2.50. The lowest BCUT2D eigenvalue weighted by Gasteiger charge is -2.17. The zero-order chi connectivity index (χ0) is 15.2. The van der Waals surface area contributed by atoms with Crippen molar-refractivity contribution in [2.75, 3.05) is 13.0 Å². The van der Waals surface area contributed by atoms with Gasteiger partial charge in [-0.05, 0) is 42.5 Å². The molecule has 2 aromatic carbocycles. The highest BCUT2D eigenvalue weighted by Gasteiger charge is 2.17. The number of halogens is 3. The molecule has 0 fully saturated rings. The van der Waals surface area contributed by atoms with Crippen LogP contribution in [0.2, 0.25) is 0 Å². The standard InChI is InChI=1S/C17H17ClF2O/c1-21-17-8-3-2-5-13(17)9-12(11-18)10-14-15(19)6-4-7-16(14)20/h2-8,12H,9-11H2,1H3. The molecule has 0 aliphatic heterocycles. The van der Waals surface area contributed by atoms with Crippen LogP contribution in [0.3, 0.4) is 0 Å². The van der Waals surface area contributed by atoms with Gasteiger partial charge in [0.1, 0.15) is 17.4 Å². The highest BCUT2D eigenvalue weighted by atomic mass is 35.5. The summed E-state index contributed by atoms with van der Waals surface area (Å²) in [6, 6.07) is 11.5. The smallest absolute Gasteiger partial charge is 0.129 e. The third-order valence-corrected chi connectivity index (χ3v) is 3.91. The van der Waals surface area contributed by atoms with Crippen LogP contribution in [0.25, 0.3) is 0 Å². The van der Waals surface area contributed by atoms with Gasteiger partial charge in [-0.2, -0.15) is 0 Å². The van der Waals surface area contributed by atoms with Crippen LogP contribution >= 0.6 is 11.6 Å². The highest BCUT2D eigenvalue weighted by Crippen LogP contribution is 2.25. The van der Waals surface area contributed by atoms with Gasteiger partial charge in [0.25, 0.3) is 0 Å². The summed E-state index contributed by atoms with van der Waals surface area (Å²) in [6.45, 7) is 0. The lowest BCUT2D eigenvalue weighted by atomic mass is 9.93. The van der Waals surface area contributed by atoms with E-state index in [-0.39, 0.29) is 17.9 Å². The largest absolute Gasteiger partial charge is 0.496 e. The van der Waals surface area contributed by atoms with Gasteiger partial charge in [-0.15, -0.1) is 11.6 Å². The van der Waals surface area contributed by atoms with Crippen LogP contribution in [-0.4, -0.2) is 13.0 Å². The van der Waals surface area contributed by atoms with Crippen LogP contribution in [-0.2, 0) is 12.8 Å². The molecule has 112 valence electrons. The molecule has 2 rings (SSSR count). The Morgan fingerprint density at radius 2 is 1.67 bits per heavy atom. The van der Waals surface area contributed by atoms with Crippen molar-refractivity contribution in [3.8, 4) is 5.75 Å². The molecule has 0 radical (unpaired) electrons. The second kappa shape index (κ2) is 7.41. The first-order chi connectivity index (χ1) is 10.2. The topological polar surface area (TPSA) is 9.23 Å². The Morgan fingerprint density at radius 3 is 2.29 bits per heavy atom. The van der Waals surface area contributed by atoms with Crippen molar-refractivity contribution >= 4 is 11.6 Å². The van der Waals surface area contributed by atoms with E-state index in [2.05, 4.69) is 0 Å². The molecule has 0 bridgehead atoms. The molecule has 0 spiro atoms. The number of benzene rings is 2. The van der Waals surface area contributed by atoms with Gasteiger partial charge in [0.15, 0.2) is 0 Å². The van der Waals surface area contributed by atoms with E-state index in [1.165, 1.54) is 18.2 Å². The monoisotopic (exact) mass is 310 g/mol. The second-order valence-electron chi connectivity index (χ2n) is 4.94. The van der Waals surface area contributed by atoms with E-state index >= 15 is 0 Å². The van der Waals surface area contributed by atoms with Gasteiger partial charge in [-0.3, -0.25) is 0 Å². The number of rotatable bonds is 6. The first-order valence-corrected chi connectivity index (χ1v) is 7.30. The minimum absolute atomic E-state index is 0.0608. The quantitative estimate of drug-likeness (QED) is 0.708. The molecule has 0 heterocycles. The summed E-state index contributed by atoms with van der Waals surface area (Å²) < 4.78 is 32.7. The molecule has 4 heteroatoms.